The summed E-state index contributed by atoms with van der Waals surface area (Å²) in [6.45, 7) is 6.20. The van der Waals surface area contributed by atoms with Gasteiger partial charge in [0, 0.05) is 5.75 Å². The van der Waals surface area contributed by atoms with Crippen molar-refractivity contribution in [1.29, 1.82) is 0 Å². The molecule has 0 aromatic rings. The zero-order valence-corrected chi connectivity index (χ0v) is 8.44. The molecule has 0 N–H and O–H groups in total. The molecule has 0 aliphatic carbocycles. The second-order valence-corrected chi connectivity index (χ2v) is 4.78. The van der Waals surface area contributed by atoms with Crippen molar-refractivity contribution >= 4 is 17.7 Å². The molecular formula is C8H14O3S. The average Bonchev–Trinajstić information content (AvgIpc) is 2.32. The van der Waals surface area contributed by atoms with Crippen molar-refractivity contribution in [3.63, 3.8) is 0 Å². The Bertz CT molecular complexity index is 168. The molecule has 4 heteroatoms. The summed E-state index contributed by atoms with van der Waals surface area (Å²) < 4.78 is 10.3. The molecule has 70 valence electrons. The highest BCUT2D eigenvalue weighted by atomic mass is 32.2. The van der Waals surface area contributed by atoms with E-state index in [-0.39, 0.29) is 5.97 Å². The molecular weight excluding hydrogens is 176 g/mol. The maximum atomic E-state index is 11.3. The van der Waals surface area contributed by atoms with E-state index in [0.29, 0.717) is 6.61 Å². The first-order valence-corrected chi connectivity index (χ1v) is 5.00. The Kier molecular flexibility index (Phi) is 3.01. The van der Waals surface area contributed by atoms with Crippen LogP contribution in [0.5, 0.6) is 0 Å². The fraction of sp³-hybridized carbons (Fsp3) is 0.875. The van der Waals surface area contributed by atoms with Gasteiger partial charge in [0.1, 0.15) is 5.60 Å². The predicted molar refractivity (Wildman–Crippen MR) is 48.0 cm³/mol. The molecule has 0 radical (unpaired) electrons. The van der Waals surface area contributed by atoms with E-state index in [1.54, 1.807) is 0 Å². The van der Waals surface area contributed by atoms with Gasteiger partial charge in [0.25, 0.3) is 0 Å². The molecule has 1 atom stereocenters. The predicted octanol–water partition coefficient (Wildman–Crippen LogP) is 1.42. The molecule has 1 unspecified atom stereocenters. The van der Waals surface area contributed by atoms with E-state index in [9.17, 15) is 4.79 Å². The molecule has 1 fully saturated rings. The number of carbonyl (C=O) groups is 1. The summed E-state index contributed by atoms with van der Waals surface area (Å²) in [6, 6.07) is 0. The van der Waals surface area contributed by atoms with Gasteiger partial charge in [-0.1, -0.05) is 0 Å². The van der Waals surface area contributed by atoms with E-state index >= 15 is 0 Å². The van der Waals surface area contributed by atoms with E-state index in [4.69, 9.17) is 9.47 Å². The van der Waals surface area contributed by atoms with Crippen LogP contribution in [0.25, 0.3) is 0 Å². The van der Waals surface area contributed by atoms with Crippen molar-refractivity contribution in [2.24, 2.45) is 0 Å². The van der Waals surface area contributed by atoms with Crippen molar-refractivity contribution in [1.82, 2.24) is 0 Å². The van der Waals surface area contributed by atoms with Crippen LogP contribution < -0.4 is 0 Å². The molecule has 1 aliphatic heterocycles. The lowest BCUT2D eigenvalue weighted by Crippen LogP contribution is -2.30. The molecule has 1 aliphatic rings. The van der Waals surface area contributed by atoms with Crippen molar-refractivity contribution in [3.8, 4) is 0 Å². The monoisotopic (exact) mass is 190 g/mol. The minimum atomic E-state index is -0.413. The first-order chi connectivity index (χ1) is 5.49. The highest BCUT2D eigenvalue weighted by Crippen LogP contribution is 2.22. The van der Waals surface area contributed by atoms with Crippen molar-refractivity contribution in [2.45, 2.75) is 31.8 Å². The van der Waals surface area contributed by atoms with Gasteiger partial charge in [-0.15, -0.1) is 11.8 Å². The molecule has 3 nitrogen and oxygen atoms in total. The minimum Gasteiger partial charge on any atom is -0.457 e. The van der Waals surface area contributed by atoms with E-state index < -0.39 is 11.0 Å². The fourth-order valence-electron chi connectivity index (χ4n) is 0.844. The van der Waals surface area contributed by atoms with E-state index in [1.807, 2.05) is 20.8 Å². The first kappa shape index (κ1) is 9.86. The Hall–Kier alpha value is -0.220. The third-order valence-corrected chi connectivity index (χ3v) is 2.25. The lowest BCUT2D eigenvalue weighted by Gasteiger charge is -2.21. The van der Waals surface area contributed by atoms with Gasteiger partial charge < -0.3 is 9.47 Å². The third kappa shape index (κ3) is 3.03. The summed E-state index contributed by atoms with van der Waals surface area (Å²) in [5, 5.41) is 0. The average molecular weight is 190 g/mol. The maximum Gasteiger partial charge on any atom is 0.346 e. The standard InChI is InChI=1S/C8H14O3S/c1-8(2,3)11-6(9)7-10-4-5-12-7/h7H,4-5H2,1-3H3. The van der Waals surface area contributed by atoms with Crippen LogP contribution >= 0.6 is 11.8 Å². The Morgan fingerprint density at radius 3 is 2.67 bits per heavy atom. The summed E-state index contributed by atoms with van der Waals surface area (Å²) in [4.78, 5) is 11.3. The summed E-state index contributed by atoms with van der Waals surface area (Å²) >= 11 is 1.49. The number of carbonyl (C=O) groups excluding carboxylic acids is 1. The van der Waals surface area contributed by atoms with E-state index in [0.717, 1.165) is 5.75 Å². The van der Waals surface area contributed by atoms with Crippen LogP contribution in [0.4, 0.5) is 0 Å². The van der Waals surface area contributed by atoms with Crippen molar-refractivity contribution in [2.75, 3.05) is 12.4 Å². The number of hydrogen-bond acceptors (Lipinski definition) is 4. The van der Waals surface area contributed by atoms with Crippen LogP contribution in [-0.2, 0) is 14.3 Å². The number of esters is 1. The lowest BCUT2D eigenvalue weighted by atomic mass is 10.2. The van der Waals surface area contributed by atoms with Gasteiger partial charge in [0.05, 0.1) is 6.61 Å². The Morgan fingerprint density at radius 2 is 2.25 bits per heavy atom. The lowest BCUT2D eigenvalue weighted by molar-refractivity contribution is -0.161. The van der Waals surface area contributed by atoms with Gasteiger partial charge in [0.2, 0.25) is 5.44 Å². The van der Waals surface area contributed by atoms with E-state index in [2.05, 4.69) is 0 Å². The Labute approximate surface area is 76.8 Å². The zero-order chi connectivity index (χ0) is 9.19. The minimum absolute atomic E-state index is 0.259. The van der Waals surface area contributed by atoms with Gasteiger partial charge in [-0.25, -0.2) is 4.79 Å². The van der Waals surface area contributed by atoms with Crippen LogP contribution in [0, 0.1) is 0 Å². The van der Waals surface area contributed by atoms with Crippen LogP contribution in [0.2, 0.25) is 0 Å². The van der Waals surface area contributed by atoms with Gasteiger partial charge in [0.15, 0.2) is 0 Å². The molecule has 0 bridgehead atoms. The van der Waals surface area contributed by atoms with Crippen molar-refractivity contribution in [3.05, 3.63) is 0 Å². The Balaban J connectivity index is 2.37. The second kappa shape index (κ2) is 3.66. The maximum absolute atomic E-state index is 11.3. The molecule has 0 amide bonds. The highest BCUT2D eigenvalue weighted by Gasteiger charge is 2.29. The van der Waals surface area contributed by atoms with Gasteiger partial charge >= 0.3 is 5.97 Å². The van der Waals surface area contributed by atoms with Crippen LogP contribution in [0.3, 0.4) is 0 Å². The van der Waals surface area contributed by atoms with Gasteiger partial charge in [-0.3, -0.25) is 0 Å². The van der Waals surface area contributed by atoms with E-state index in [1.165, 1.54) is 11.8 Å². The normalized spacial score (nSPS) is 24.1. The number of rotatable bonds is 1. The molecule has 0 saturated carbocycles. The summed E-state index contributed by atoms with van der Waals surface area (Å²) in [5.74, 6) is 0.620. The fourth-order valence-corrected chi connectivity index (χ4v) is 1.63. The first-order valence-electron chi connectivity index (χ1n) is 3.95. The highest BCUT2D eigenvalue weighted by molar-refractivity contribution is 8.00. The summed E-state index contributed by atoms with van der Waals surface area (Å²) in [5.41, 5.74) is -0.812. The number of hydrogen-bond donors (Lipinski definition) is 0. The quantitative estimate of drug-likeness (QED) is 0.586. The van der Waals surface area contributed by atoms with Crippen LogP contribution in [0.1, 0.15) is 20.8 Å². The SMILES string of the molecule is CC(C)(C)OC(=O)C1OCCS1. The second-order valence-electron chi connectivity index (χ2n) is 3.61. The molecule has 12 heavy (non-hydrogen) atoms. The molecule has 0 aromatic heterocycles. The molecule has 0 aromatic carbocycles. The number of ether oxygens (including phenoxy) is 2. The molecule has 1 rings (SSSR count). The smallest absolute Gasteiger partial charge is 0.346 e. The molecule has 1 heterocycles. The zero-order valence-electron chi connectivity index (χ0n) is 7.62. The van der Waals surface area contributed by atoms with Crippen LogP contribution in [0.15, 0.2) is 0 Å². The van der Waals surface area contributed by atoms with Gasteiger partial charge in [-0.2, -0.15) is 0 Å². The van der Waals surface area contributed by atoms with Gasteiger partial charge in [-0.05, 0) is 20.8 Å². The summed E-state index contributed by atoms with van der Waals surface area (Å²) in [6.07, 6.45) is 0. The van der Waals surface area contributed by atoms with Crippen molar-refractivity contribution < 1.29 is 14.3 Å². The third-order valence-electron chi connectivity index (χ3n) is 1.22. The molecule has 0 spiro atoms. The largest absolute Gasteiger partial charge is 0.457 e. The molecule has 1 saturated heterocycles. The number of thioether (sulfide) groups is 1. The topological polar surface area (TPSA) is 35.5 Å². The Morgan fingerprint density at radius 1 is 1.58 bits per heavy atom. The summed E-state index contributed by atoms with van der Waals surface area (Å²) in [7, 11) is 0. The van der Waals surface area contributed by atoms with Crippen LogP contribution in [-0.4, -0.2) is 29.4 Å².